The van der Waals surface area contributed by atoms with Gasteiger partial charge in [0.05, 0.1) is 11.7 Å². The number of hydrogen-bond acceptors (Lipinski definition) is 3. The van der Waals surface area contributed by atoms with Crippen LogP contribution >= 0.6 is 10.2 Å². The molecular weight excluding hydrogens is 569 g/mol. The fraction of sp³-hybridized carbons (Fsp3) is 0.606. The van der Waals surface area contributed by atoms with E-state index in [1.807, 2.05) is 13.8 Å². The van der Waals surface area contributed by atoms with Gasteiger partial charge in [-0.15, -0.1) is 0 Å². The summed E-state index contributed by atoms with van der Waals surface area (Å²) >= 11 is 0. The highest BCUT2D eigenvalue weighted by atomic mass is 32.5. The van der Waals surface area contributed by atoms with E-state index in [-0.39, 0.29) is 34.3 Å². The maximum absolute atomic E-state index is 13.5. The normalized spacial score (nSPS) is 23.4. The molecule has 0 saturated carbocycles. The molecule has 1 heterocycles. The Hall–Kier alpha value is -1.97. The van der Waals surface area contributed by atoms with E-state index >= 15 is 0 Å². The summed E-state index contributed by atoms with van der Waals surface area (Å²) in [6, 6.07) is 2.65. The number of nitrogens with zero attached hydrogens (tertiary/aromatic N) is 1. The number of aliphatic hydroxyl groups excluding tert-OH is 1. The van der Waals surface area contributed by atoms with Crippen molar-refractivity contribution in [2.45, 2.75) is 123 Å². The molecule has 2 aliphatic carbocycles. The van der Waals surface area contributed by atoms with Crippen LogP contribution in [0, 0.1) is 10.8 Å². The number of hydrogen-bond donors (Lipinski definition) is 1. The van der Waals surface area contributed by atoms with E-state index in [1.54, 1.807) is 0 Å². The first-order valence-corrected chi connectivity index (χ1v) is 16.7. The molecule has 0 amide bonds. The molecule has 3 nitrogen and oxygen atoms in total. The van der Waals surface area contributed by atoms with Gasteiger partial charge in [-0.25, -0.2) is 0 Å². The standard InChI is InChI=1S/C33H46F5NO2S/c1-20(2)29-28(30(40)22-14-16-23(17-15-22)42(34,35,36,37)38)26(21-12-10-11-13-21)27-24(39-29)18-32(6,7)19-25(27)41-33(8,9)31(3,4)5/h10,12,14-17,20-21,25,30,40H,11,13,18-19H2,1-9H3/t21-,25+,30-/m1/s1. The molecular formula is C33H46F5NO2S. The predicted molar refractivity (Wildman–Crippen MR) is 161 cm³/mol. The summed E-state index contributed by atoms with van der Waals surface area (Å²) in [7, 11) is -9.85. The van der Waals surface area contributed by atoms with Crippen molar-refractivity contribution in [2.24, 2.45) is 10.8 Å². The Morgan fingerprint density at radius 1 is 0.976 bits per heavy atom. The smallest absolute Gasteiger partial charge is 0.310 e. The molecule has 0 aliphatic heterocycles. The molecule has 42 heavy (non-hydrogen) atoms. The summed E-state index contributed by atoms with van der Waals surface area (Å²) in [4.78, 5) is 3.18. The van der Waals surface area contributed by atoms with E-state index in [0.717, 1.165) is 54.6 Å². The average molecular weight is 616 g/mol. The van der Waals surface area contributed by atoms with Gasteiger partial charge >= 0.3 is 10.2 Å². The lowest BCUT2D eigenvalue weighted by Crippen LogP contribution is -2.43. The van der Waals surface area contributed by atoms with Gasteiger partial charge in [0.25, 0.3) is 0 Å². The van der Waals surface area contributed by atoms with Crippen molar-refractivity contribution in [3.8, 4) is 0 Å². The van der Waals surface area contributed by atoms with Crippen molar-refractivity contribution in [1.29, 1.82) is 0 Å². The van der Waals surface area contributed by atoms with Gasteiger partial charge in [0, 0.05) is 28.4 Å². The summed E-state index contributed by atoms with van der Waals surface area (Å²) in [6.07, 6.45) is 5.68. The Balaban J connectivity index is 1.98. The number of fused-ring (bicyclic) bond motifs is 1. The van der Waals surface area contributed by atoms with Crippen LogP contribution in [0.4, 0.5) is 19.4 Å². The number of halogens is 5. The molecule has 9 heteroatoms. The van der Waals surface area contributed by atoms with Crippen LogP contribution in [-0.2, 0) is 11.2 Å². The molecule has 0 radical (unpaired) electrons. The van der Waals surface area contributed by atoms with E-state index in [2.05, 4.69) is 60.6 Å². The SMILES string of the molecule is CC(C)c1nc2c(c([C@@H]3C=CCC3)c1[C@H](O)c1ccc(S(F)(F)(F)(F)F)cc1)[C@@H](OC(C)(C)C(C)(C)C)CC(C)(C)C2. The third-order valence-corrected chi connectivity index (χ3v) is 10.4. The molecule has 1 aromatic heterocycles. The van der Waals surface area contributed by atoms with Crippen LogP contribution in [0.5, 0.6) is 0 Å². The molecule has 0 spiro atoms. The zero-order chi connectivity index (χ0) is 31.7. The Morgan fingerprint density at radius 3 is 2.05 bits per heavy atom. The number of allylic oxidation sites excluding steroid dienone is 2. The van der Waals surface area contributed by atoms with Crippen molar-refractivity contribution in [2.75, 3.05) is 0 Å². The lowest BCUT2D eigenvalue weighted by Gasteiger charge is -2.46. The minimum Gasteiger partial charge on any atom is -0.384 e. The van der Waals surface area contributed by atoms with Gasteiger partial charge in [-0.1, -0.05) is 92.2 Å². The Kier molecular flexibility index (Phi) is 7.66. The fourth-order valence-electron chi connectivity index (χ4n) is 6.03. The van der Waals surface area contributed by atoms with E-state index in [0.29, 0.717) is 23.4 Å². The Labute approximate surface area is 247 Å². The van der Waals surface area contributed by atoms with Crippen molar-refractivity contribution >= 4 is 10.2 Å². The number of aliphatic hydroxyl groups is 1. The highest BCUT2D eigenvalue weighted by Crippen LogP contribution is 3.02. The van der Waals surface area contributed by atoms with Gasteiger partial charge in [0.1, 0.15) is 11.0 Å². The molecule has 2 aromatic rings. The third-order valence-electron chi connectivity index (χ3n) is 9.22. The molecule has 0 unspecified atom stereocenters. The van der Waals surface area contributed by atoms with Crippen LogP contribution in [0.2, 0.25) is 0 Å². The van der Waals surface area contributed by atoms with E-state index in [9.17, 15) is 24.5 Å². The average Bonchev–Trinajstić information content (AvgIpc) is 3.34. The first-order valence-electron chi connectivity index (χ1n) is 14.7. The summed E-state index contributed by atoms with van der Waals surface area (Å²) in [5.41, 5.74) is 3.31. The van der Waals surface area contributed by atoms with Crippen molar-refractivity contribution in [1.82, 2.24) is 4.98 Å². The van der Waals surface area contributed by atoms with Crippen LogP contribution in [0.15, 0.2) is 41.3 Å². The van der Waals surface area contributed by atoms with Gasteiger partial charge in [-0.2, -0.15) is 0 Å². The zero-order valence-corrected chi connectivity index (χ0v) is 27.0. The first kappa shape index (κ1) is 32.9. The monoisotopic (exact) mass is 615 g/mol. The number of benzene rings is 1. The highest BCUT2D eigenvalue weighted by Gasteiger charge is 2.65. The Morgan fingerprint density at radius 2 is 1.57 bits per heavy atom. The number of ether oxygens (including phenoxy) is 1. The number of aromatic nitrogens is 1. The molecule has 1 N–H and O–H groups in total. The minimum absolute atomic E-state index is 0.0436. The molecule has 0 fully saturated rings. The summed E-state index contributed by atoms with van der Waals surface area (Å²) in [6.45, 7) is 18.9. The number of pyridine rings is 1. The van der Waals surface area contributed by atoms with Gasteiger partial charge in [-0.3, -0.25) is 4.98 Å². The van der Waals surface area contributed by atoms with Gasteiger partial charge in [-0.05, 0) is 79.5 Å². The second kappa shape index (κ2) is 9.77. The van der Waals surface area contributed by atoms with Crippen LogP contribution in [0.1, 0.15) is 139 Å². The zero-order valence-electron chi connectivity index (χ0n) is 26.2. The Bertz CT molecular complexity index is 1370. The molecule has 4 rings (SSSR count). The van der Waals surface area contributed by atoms with E-state index in [1.165, 1.54) is 0 Å². The topological polar surface area (TPSA) is 42.4 Å². The van der Waals surface area contributed by atoms with Crippen LogP contribution in [-0.4, -0.2) is 15.7 Å². The van der Waals surface area contributed by atoms with Gasteiger partial charge in [0.15, 0.2) is 0 Å². The molecule has 1 aromatic carbocycles. The summed E-state index contributed by atoms with van der Waals surface area (Å²) < 4.78 is 74.3. The van der Waals surface area contributed by atoms with Crippen molar-refractivity contribution < 1.29 is 29.3 Å². The fourth-order valence-corrected chi connectivity index (χ4v) is 6.69. The molecule has 2 aliphatic rings. The maximum atomic E-state index is 13.5. The van der Waals surface area contributed by atoms with Crippen LogP contribution in [0.25, 0.3) is 0 Å². The largest absolute Gasteiger partial charge is 0.384 e. The first-order chi connectivity index (χ1) is 18.8. The second-order valence-corrected chi connectivity index (χ2v) is 17.2. The van der Waals surface area contributed by atoms with Crippen LogP contribution in [0.3, 0.4) is 0 Å². The lowest BCUT2D eigenvalue weighted by molar-refractivity contribution is -0.146. The molecule has 0 saturated heterocycles. The summed E-state index contributed by atoms with van der Waals surface area (Å²) in [5, 5.41) is 11.9. The van der Waals surface area contributed by atoms with E-state index in [4.69, 9.17) is 9.72 Å². The number of rotatable bonds is 7. The lowest BCUT2D eigenvalue weighted by atomic mass is 9.70. The quantitative estimate of drug-likeness (QED) is 0.249. The predicted octanol–water partition coefficient (Wildman–Crippen LogP) is 11.2. The van der Waals surface area contributed by atoms with Crippen LogP contribution < -0.4 is 0 Å². The molecule has 3 atom stereocenters. The third kappa shape index (κ3) is 6.58. The van der Waals surface area contributed by atoms with Gasteiger partial charge in [0.2, 0.25) is 0 Å². The van der Waals surface area contributed by atoms with Crippen molar-refractivity contribution in [3.05, 3.63) is 70.1 Å². The molecule has 0 bridgehead atoms. The highest BCUT2D eigenvalue weighted by molar-refractivity contribution is 8.45. The summed E-state index contributed by atoms with van der Waals surface area (Å²) in [5.74, 6) is -0.151. The van der Waals surface area contributed by atoms with Gasteiger partial charge < -0.3 is 9.84 Å². The van der Waals surface area contributed by atoms with Crippen molar-refractivity contribution in [3.63, 3.8) is 0 Å². The van der Waals surface area contributed by atoms with E-state index < -0.39 is 26.8 Å². The molecule has 236 valence electrons. The maximum Gasteiger partial charge on any atom is 0.310 e. The minimum atomic E-state index is -9.85. The second-order valence-electron chi connectivity index (χ2n) is 14.8.